The second-order valence-electron chi connectivity index (χ2n) is 3.98. The Labute approximate surface area is 99.8 Å². The van der Waals surface area contributed by atoms with Crippen LogP contribution in [-0.2, 0) is 0 Å². The molecule has 15 heavy (non-hydrogen) atoms. The highest BCUT2D eigenvalue weighted by molar-refractivity contribution is 9.10. The van der Waals surface area contributed by atoms with Crippen molar-refractivity contribution in [1.82, 2.24) is 4.98 Å². The van der Waals surface area contributed by atoms with E-state index < -0.39 is 0 Å². The van der Waals surface area contributed by atoms with Crippen molar-refractivity contribution in [2.75, 3.05) is 18.5 Å². The lowest BCUT2D eigenvalue weighted by molar-refractivity contribution is 0.656. The van der Waals surface area contributed by atoms with E-state index in [-0.39, 0.29) is 6.04 Å². The zero-order valence-corrected chi connectivity index (χ0v) is 11.1. The summed E-state index contributed by atoms with van der Waals surface area (Å²) in [4.78, 5) is 6.48. The van der Waals surface area contributed by atoms with Crippen LogP contribution < -0.4 is 10.6 Å². The molecule has 1 aromatic rings. The van der Waals surface area contributed by atoms with E-state index in [2.05, 4.69) is 38.8 Å². The quantitative estimate of drug-likeness (QED) is 0.914. The van der Waals surface area contributed by atoms with E-state index in [1.54, 1.807) is 0 Å². The molecular formula is C11H18BrN3. The molecule has 0 aliphatic heterocycles. The lowest BCUT2D eigenvalue weighted by Gasteiger charge is -2.19. The Morgan fingerprint density at radius 1 is 1.60 bits per heavy atom. The van der Waals surface area contributed by atoms with Crippen LogP contribution in [0.3, 0.4) is 0 Å². The molecule has 84 valence electrons. The van der Waals surface area contributed by atoms with Crippen molar-refractivity contribution in [2.24, 2.45) is 5.73 Å². The zero-order valence-electron chi connectivity index (χ0n) is 9.50. The van der Waals surface area contributed by atoms with Gasteiger partial charge in [0, 0.05) is 30.3 Å². The van der Waals surface area contributed by atoms with E-state index in [9.17, 15) is 0 Å². The van der Waals surface area contributed by atoms with E-state index in [1.165, 1.54) is 5.56 Å². The minimum atomic E-state index is 0.240. The van der Waals surface area contributed by atoms with Crippen LogP contribution in [0.15, 0.2) is 16.7 Å². The SMILES string of the molecule is Cc1cc(N(C)CCC(C)N)ncc1Br. The summed E-state index contributed by atoms with van der Waals surface area (Å²) in [5, 5.41) is 0. The molecule has 0 aliphatic carbocycles. The molecule has 1 heterocycles. The van der Waals surface area contributed by atoms with Crippen molar-refractivity contribution in [1.29, 1.82) is 0 Å². The number of aromatic nitrogens is 1. The van der Waals surface area contributed by atoms with Gasteiger partial charge in [0.05, 0.1) is 0 Å². The van der Waals surface area contributed by atoms with Gasteiger partial charge in [-0.15, -0.1) is 0 Å². The molecule has 0 fully saturated rings. The molecule has 0 aromatic carbocycles. The number of anilines is 1. The maximum atomic E-state index is 5.72. The second-order valence-corrected chi connectivity index (χ2v) is 4.83. The minimum absolute atomic E-state index is 0.240. The number of halogens is 1. The molecule has 3 nitrogen and oxygen atoms in total. The van der Waals surface area contributed by atoms with Crippen LogP contribution in [0.1, 0.15) is 18.9 Å². The molecule has 0 amide bonds. The van der Waals surface area contributed by atoms with Gasteiger partial charge in [0.15, 0.2) is 0 Å². The summed E-state index contributed by atoms with van der Waals surface area (Å²) in [5.41, 5.74) is 6.92. The van der Waals surface area contributed by atoms with Gasteiger partial charge in [-0.1, -0.05) is 0 Å². The maximum Gasteiger partial charge on any atom is 0.128 e. The fourth-order valence-electron chi connectivity index (χ4n) is 1.25. The van der Waals surface area contributed by atoms with Gasteiger partial charge in [-0.25, -0.2) is 4.98 Å². The molecule has 0 spiro atoms. The van der Waals surface area contributed by atoms with E-state index >= 15 is 0 Å². The Bertz CT molecular complexity index is 326. The summed E-state index contributed by atoms with van der Waals surface area (Å²) in [6.45, 7) is 5.02. The minimum Gasteiger partial charge on any atom is -0.360 e. The number of hydrogen-bond acceptors (Lipinski definition) is 3. The van der Waals surface area contributed by atoms with Crippen LogP contribution in [0.2, 0.25) is 0 Å². The van der Waals surface area contributed by atoms with E-state index in [0.29, 0.717) is 0 Å². The Balaban J connectivity index is 2.65. The Morgan fingerprint density at radius 3 is 2.80 bits per heavy atom. The molecule has 1 atom stereocenters. The highest BCUT2D eigenvalue weighted by atomic mass is 79.9. The third kappa shape index (κ3) is 3.80. The second kappa shape index (κ2) is 5.47. The van der Waals surface area contributed by atoms with Gasteiger partial charge in [-0.2, -0.15) is 0 Å². The van der Waals surface area contributed by atoms with Gasteiger partial charge in [-0.05, 0) is 47.8 Å². The van der Waals surface area contributed by atoms with Crippen molar-refractivity contribution >= 4 is 21.7 Å². The first-order valence-corrected chi connectivity index (χ1v) is 5.89. The molecule has 1 rings (SSSR count). The molecule has 0 radical (unpaired) electrons. The number of pyridine rings is 1. The summed E-state index contributed by atoms with van der Waals surface area (Å²) < 4.78 is 1.05. The van der Waals surface area contributed by atoms with Crippen molar-refractivity contribution < 1.29 is 0 Å². The average molecular weight is 272 g/mol. The van der Waals surface area contributed by atoms with Crippen molar-refractivity contribution in [2.45, 2.75) is 26.3 Å². The fraction of sp³-hybridized carbons (Fsp3) is 0.545. The first-order valence-electron chi connectivity index (χ1n) is 5.09. The smallest absolute Gasteiger partial charge is 0.128 e. The lowest BCUT2D eigenvalue weighted by atomic mass is 10.2. The number of rotatable bonds is 4. The van der Waals surface area contributed by atoms with Gasteiger partial charge in [0.25, 0.3) is 0 Å². The first-order chi connectivity index (χ1) is 7.00. The van der Waals surface area contributed by atoms with Gasteiger partial charge in [-0.3, -0.25) is 0 Å². The van der Waals surface area contributed by atoms with Crippen LogP contribution in [0.25, 0.3) is 0 Å². The van der Waals surface area contributed by atoms with Crippen molar-refractivity contribution in [3.8, 4) is 0 Å². The lowest BCUT2D eigenvalue weighted by Crippen LogP contribution is -2.26. The van der Waals surface area contributed by atoms with E-state index in [0.717, 1.165) is 23.3 Å². The summed E-state index contributed by atoms with van der Waals surface area (Å²) in [6, 6.07) is 2.31. The third-order valence-corrected chi connectivity index (χ3v) is 3.17. The summed E-state index contributed by atoms with van der Waals surface area (Å²) in [5.74, 6) is 0.997. The highest BCUT2D eigenvalue weighted by Gasteiger charge is 2.05. The highest BCUT2D eigenvalue weighted by Crippen LogP contribution is 2.19. The molecule has 0 aliphatic rings. The Morgan fingerprint density at radius 2 is 2.27 bits per heavy atom. The van der Waals surface area contributed by atoms with E-state index in [4.69, 9.17) is 5.73 Å². The predicted molar refractivity (Wildman–Crippen MR) is 68.2 cm³/mol. The molecule has 1 unspecified atom stereocenters. The Kier molecular flexibility index (Phi) is 4.54. The Hall–Kier alpha value is -0.610. The fourth-order valence-corrected chi connectivity index (χ4v) is 1.46. The van der Waals surface area contributed by atoms with Crippen LogP contribution in [0.4, 0.5) is 5.82 Å². The molecular weight excluding hydrogens is 254 g/mol. The van der Waals surface area contributed by atoms with Crippen LogP contribution >= 0.6 is 15.9 Å². The number of aryl methyl sites for hydroxylation is 1. The maximum absolute atomic E-state index is 5.72. The number of hydrogen-bond donors (Lipinski definition) is 1. The zero-order chi connectivity index (χ0) is 11.4. The standard InChI is InChI=1S/C11H18BrN3/c1-8-6-11(14-7-10(8)12)15(3)5-4-9(2)13/h6-7,9H,4-5,13H2,1-3H3. The largest absolute Gasteiger partial charge is 0.360 e. The van der Waals surface area contributed by atoms with Crippen LogP contribution in [0, 0.1) is 6.92 Å². The summed E-state index contributed by atoms with van der Waals surface area (Å²) >= 11 is 3.44. The normalized spacial score (nSPS) is 12.6. The van der Waals surface area contributed by atoms with Gasteiger partial charge >= 0.3 is 0 Å². The van der Waals surface area contributed by atoms with Crippen molar-refractivity contribution in [3.63, 3.8) is 0 Å². The topological polar surface area (TPSA) is 42.1 Å². The number of nitrogens with zero attached hydrogens (tertiary/aromatic N) is 2. The number of nitrogens with two attached hydrogens (primary N) is 1. The predicted octanol–water partition coefficient (Wildman–Crippen LogP) is 2.33. The van der Waals surface area contributed by atoms with Gasteiger partial charge in [0.1, 0.15) is 5.82 Å². The molecule has 2 N–H and O–H groups in total. The molecule has 4 heteroatoms. The van der Waals surface area contributed by atoms with Crippen molar-refractivity contribution in [3.05, 3.63) is 22.3 Å². The molecule has 1 aromatic heterocycles. The molecule has 0 saturated heterocycles. The van der Waals surface area contributed by atoms with Gasteiger partial charge < -0.3 is 10.6 Å². The summed E-state index contributed by atoms with van der Waals surface area (Å²) in [6.07, 6.45) is 2.82. The molecule has 0 saturated carbocycles. The molecule has 0 bridgehead atoms. The monoisotopic (exact) mass is 271 g/mol. The summed E-state index contributed by atoms with van der Waals surface area (Å²) in [7, 11) is 2.04. The average Bonchev–Trinajstić information content (AvgIpc) is 2.18. The first kappa shape index (κ1) is 12.5. The van der Waals surface area contributed by atoms with E-state index in [1.807, 2.05) is 20.2 Å². The van der Waals surface area contributed by atoms with Gasteiger partial charge in [0.2, 0.25) is 0 Å². The van der Waals surface area contributed by atoms with Crippen LogP contribution in [-0.4, -0.2) is 24.6 Å². The van der Waals surface area contributed by atoms with Crippen LogP contribution in [0.5, 0.6) is 0 Å². The third-order valence-electron chi connectivity index (χ3n) is 2.34.